The van der Waals surface area contributed by atoms with Crippen LogP contribution in [0, 0.1) is 0 Å². The number of benzene rings is 3. The molecule has 4 heterocycles. The Morgan fingerprint density at radius 1 is 0.519 bits per heavy atom. The molecule has 0 radical (unpaired) electrons. The number of hydrogen-bond donors (Lipinski definition) is 2. The number of aromatic nitrogens is 6. The largest absolute Gasteiger partial charge is 0.435 e. The summed E-state index contributed by atoms with van der Waals surface area (Å²) in [6, 6.07) is 39.5. The average molecular weight is 852 g/mol. The van der Waals surface area contributed by atoms with Crippen molar-refractivity contribution < 1.29 is 59.4 Å². The van der Waals surface area contributed by atoms with Crippen LogP contribution in [0.1, 0.15) is 17.0 Å². The molecule has 0 aliphatic carbocycles. The number of aromatic amines is 2. The molecular weight excluding hydrogens is 822 g/mol. The van der Waals surface area contributed by atoms with Crippen LogP contribution in [0.2, 0.25) is 0 Å². The van der Waals surface area contributed by atoms with Gasteiger partial charge < -0.3 is 9.05 Å². The molecule has 0 unspecified atom stereocenters. The van der Waals surface area contributed by atoms with E-state index in [9.17, 15) is 30.9 Å². The van der Waals surface area contributed by atoms with Crippen LogP contribution in [0.5, 0.6) is 11.5 Å². The minimum atomic E-state index is -4.40. The SMILES string of the molecule is FC(F)(F)c1cc(-c2ccccn2)n[nH]1.FC(F)(F)c1cc(-c2ccccn2)n[nH]1.O=P(Cc1ccccc1)(Oc1ccccc1)Oc1ccccc1.[Ru]. The van der Waals surface area contributed by atoms with Gasteiger partial charge in [0.25, 0.3) is 0 Å². The van der Waals surface area contributed by atoms with Crippen molar-refractivity contribution in [3.8, 4) is 34.3 Å². The minimum absolute atomic E-state index is 0. The predicted octanol–water partition coefficient (Wildman–Crippen LogP) is 10.5. The van der Waals surface area contributed by atoms with Crippen LogP contribution >= 0.6 is 7.60 Å². The number of alkyl halides is 6. The molecule has 2 N–H and O–H groups in total. The van der Waals surface area contributed by atoms with Gasteiger partial charge in [-0.2, -0.15) is 36.5 Å². The van der Waals surface area contributed by atoms with Crippen LogP contribution in [0.15, 0.2) is 152 Å². The second kappa shape index (κ2) is 19.0. The zero-order valence-electron chi connectivity index (χ0n) is 27.7. The van der Waals surface area contributed by atoms with Crippen LogP contribution in [0.4, 0.5) is 26.3 Å². The topological polar surface area (TPSA) is 119 Å². The number of H-pyrrole nitrogens is 2. The van der Waals surface area contributed by atoms with E-state index in [0.717, 1.165) is 17.7 Å². The number of para-hydroxylation sites is 2. The van der Waals surface area contributed by atoms with Gasteiger partial charge in [-0.1, -0.05) is 78.9 Å². The van der Waals surface area contributed by atoms with Gasteiger partial charge in [0.05, 0.1) is 17.5 Å². The van der Waals surface area contributed by atoms with Crippen molar-refractivity contribution >= 4 is 7.60 Å². The summed E-state index contributed by atoms with van der Waals surface area (Å²) in [6.07, 6.45) is -5.60. The Morgan fingerprint density at radius 3 is 1.22 bits per heavy atom. The Morgan fingerprint density at radius 2 is 0.889 bits per heavy atom. The maximum Gasteiger partial charge on any atom is 0.435 e. The number of nitrogens with zero attached hydrogens (tertiary/aromatic N) is 4. The van der Waals surface area contributed by atoms with E-state index in [0.29, 0.717) is 22.9 Å². The molecule has 0 fully saturated rings. The Bertz CT molecular complexity index is 1980. The molecule has 9 nitrogen and oxygen atoms in total. The van der Waals surface area contributed by atoms with E-state index >= 15 is 0 Å². The minimum Gasteiger partial charge on any atom is -0.416 e. The summed E-state index contributed by atoms with van der Waals surface area (Å²) in [4.78, 5) is 7.79. The summed E-state index contributed by atoms with van der Waals surface area (Å²) < 4.78 is 98.1. The summed E-state index contributed by atoms with van der Waals surface area (Å²) in [5, 5.41) is 10.9. The molecule has 0 atom stereocenters. The Labute approximate surface area is 318 Å². The van der Waals surface area contributed by atoms with Gasteiger partial charge in [-0.25, -0.2) is 4.57 Å². The summed E-state index contributed by atoms with van der Waals surface area (Å²) in [5.41, 5.74) is 0.341. The van der Waals surface area contributed by atoms with Gasteiger partial charge in [-0.3, -0.25) is 20.2 Å². The van der Waals surface area contributed by atoms with Crippen molar-refractivity contribution in [1.29, 1.82) is 0 Å². The number of halogens is 6. The molecule has 54 heavy (non-hydrogen) atoms. The smallest absolute Gasteiger partial charge is 0.416 e. The monoisotopic (exact) mass is 852 g/mol. The molecule has 0 amide bonds. The number of pyridine rings is 2. The Hall–Kier alpha value is -5.59. The fourth-order valence-electron chi connectivity index (χ4n) is 4.40. The van der Waals surface area contributed by atoms with Gasteiger partial charge in [0.15, 0.2) is 0 Å². The van der Waals surface area contributed by atoms with Gasteiger partial charge >= 0.3 is 19.9 Å². The predicted molar refractivity (Wildman–Crippen MR) is 186 cm³/mol. The van der Waals surface area contributed by atoms with Crippen LogP contribution in [0.3, 0.4) is 0 Å². The Balaban J connectivity index is 0.000000185. The summed E-state index contributed by atoms with van der Waals surface area (Å²) in [5.74, 6) is 1.06. The van der Waals surface area contributed by atoms with E-state index in [1.54, 1.807) is 60.7 Å². The van der Waals surface area contributed by atoms with E-state index in [2.05, 4.69) is 20.2 Å². The number of nitrogens with one attached hydrogen (secondary N) is 2. The first kappa shape index (κ1) is 41.2. The first-order chi connectivity index (χ1) is 25.4. The third kappa shape index (κ3) is 12.5. The average Bonchev–Trinajstić information content (AvgIpc) is 3.86. The van der Waals surface area contributed by atoms with E-state index in [1.807, 2.05) is 76.9 Å². The van der Waals surface area contributed by atoms with Crippen molar-refractivity contribution in [2.24, 2.45) is 0 Å². The standard InChI is InChI=1S/C19H17O3P.2C9H6F3N3.Ru/c20-23(16-17-10-4-1-5-11-17,21-18-12-6-2-7-13-18)22-19-14-8-3-9-15-19;2*10-9(11,12)8-5-7(14-15-8)6-3-1-2-4-13-6;/h1-15H,16H2;2*1-5H,(H,14,15);. The molecule has 0 aliphatic heterocycles. The molecule has 7 rings (SSSR count). The van der Waals surface area contributed by atoms with Crippen molar-refractivity contribution in [3.63, 3.8) is 0 Å². The summed E-state index contributed by atoms with van der Waals surface area (Å²) >= 11 is 0. The molecule has 0 spiro atoms. The zero-order chi connectivity index (χ0) is 37.7. The van der Waals surface area contributed by atoms with E-state index < -0.39 is 31.3 Å². The summed E-state index contributed by atoms with van der Waals surface area (Å²) in [6.45, 7) is 0. The molecule has 7 aromatic rings. The summed E-state index contributed by atoms with van der Waals surface area (Å²) in [7, 11) is -3.39. The van der Waals surface area contributed by atoms with E-state index in [1.165, 1.54) is 12.4 Å². The number of rotatable bonds is 8. The van der Waals surface area contributed by atoms with Crippen molar-refractivity contribution in [1.82, 2.24) is 30.4 Å². The molecule has 0 bridgehead atoms. The van der Waals surface area contributed by atoms with Crippen molar-refractivity contribution in [3.05, 3.63) is 169 Å². The van der Waals surface area contributed by atoms with Gasteiger partial charge in [-0.05, 0) is 66.2 Å². The quantitative estimate of drug-likeness (QED) is 0.0888. The van der Waals surface area contributed by atoms with Crippen molar-refractivity contribution in [2.75, 3.05) is 0 Å². The maximum absolute atomic E-state index is 13.3. The van der Waals surface area contributed by atoms with Crippen LogP contribution in [-0.2, 0) is 42.6 Å². The molecule has 0 saturated carbocycles. The molecule has 0 saturated heterocycles. The van der Waals surface area contributed by atoms with Crippen LogP contribution in [-0.4, -0.2) is 30.4 Å². The second-order valence-electron chi connectivity index (χ2n) is 10.8. The molecule has 4 aromatic heterocycles. The molecule has 280 valence electrons. The van der Waals surface area contributed by atoms with Gasteiger partial charge in [-0.15, -0.1) is 0 Å². The third-order valence-corrected chi connectivity index (χ3v) is 8.55. The van der Waals surface area contributed by atoms with Crippen LogP contribution < -0.4 is 9.05 Å². The molecule has 3 aromatic carbocycles. The second-order valence-corrected chi connectivity index (χ2v) is 12.7. The van der Waals surface area contributed by atoms with Gasteiger partial charge in [0, 0.05) is 31.9 Å². The molecule has 0 aliphatic rings. The fourth-order valence-corrected chi connectivity index (χ4v) is 6.11. The maximum atomic E-state index is 13.3. The third-order valence-electron chi connectivity index (χ3n) is 6.82. The normalized spacial score (nSPS) is 11.1. The zero-order valence-corrected chi connectivity index (χ0v) is 30.4. The van der Waals surface area contributed by atoms with Crippen LogP contribution in [0.25, 0.3) is 22.8 Å². The van der Waals surface area contributed by atoms with Crippen molar-refractivity contribution in [2.45, 2.75) is 18.5 Å². The van der Waals surface area contributed by atoms with Gasteiger partial charge in [0.2, 0.25) is 0 Å². The first-order valence-electron chi connectivity index (χ1n) is 15.6. The first-order valence-corrected chi connectivity index (χ1v) is 17.3. The number of hydrogen-bond acceptors (Lipinski definition) is 7. The van der Waals surface area contributed by atoms with E-state index in [4.69, 9.17) is 9.05 Å². The van der Waals surface area contributed by atoms with Gasteiger partial charge in [0.1, 0.15) is 34.3 Å². The van der Waals surface area contributed by atoms with E-state index in [-0.39, 0.29) is 37.0 Å². The fraction of sp³-hybridized carbons (Fsp3) is 0.0811. The molecule has 17 heteroatoms. The molecular formula is C37H29F6N6O3PRu. The Kier molecular flexibility index (Phi) is 14.4.